The summed E-state index contributed by atoms with van der Waals surface area (Å²) in [5.74, 6) is 0.547. The molecule has 0 radical (unpaired) electrons. The molecule has 1 amide bonds. The van der Waals surface area contributed by atoms with Crippen LogP contribution >= 0.6 is 27.3 Å². The maximum atomic E-state index is 12.4. The van der Waals surface area contributed by atoms with E-state index in [2.05, 4.69) is 41.3 Å². The standard InChI is InChI=1S/C19H15BrN6OS/c20-15-5-1-3-13(7-15)19-25-16(10-28-19)8-17(27)23-9-14-4-2-6-22-18(14)26-12-21-11-24-26/h1-7,10-12H,8-9H2,(H,23,27). The van der Waals surface area contributed by atoms with Gasteiger partial charge < -0.3 is 5.32 Å². The van der Waals surface area contributed by atoms with Crippen LogP contribution in [0.4, 0.5) is 0 Å². The molecule has 0 aliphatic rings. The third-order valence-corrected chi connectivity index (χ3v) is 5.38. The summed E-state index contributed by atoms with van der Waals surface area (Å²) in [5.41, 5.74) is 2.63. The Morgan fingerprint density at radius 2 is 2.18 bits per heavy atom. The van der Waals surface area contributed by atoms with E-state index in [9.17, 15) is 4.79 Å². The maximum Gasteiger partial charge on any atom is 0.226 e. The highest BCUT2D eigenvalue weighted by atomic mass is 79.9. The quantitative estimate of drug-likeness (QED) is 0.482. The van der Waals surface area contributed by atoms with E-state index in [-0.39, 0.29) is 12.3 Å². The van der Waals surface area contributed by atoms with Crippen molar-refractivity contribution >= 4 is 33.2 Å². The number of nitrogens with one attached hydrogen (secondary N) is 1. The van der Waals surface area contributed by atoms with Gasteiger partial charge >= 0.3 is 0 Å². The summed E-state index contributed by atoms with van der Waals surface area (Å²) in [6.45, 7) is 0.352. The molecule has 7 nitrogen and oxygen atoms in total. The Balaban J connectivity index is 1.40. The highest BCUT2D eigenvalue weighted by Gasteiger charge is 2.11. The first-order chi connectivity index (χ1) is 13.7. The van der Waals surface area contributed by atoms with Gasteiger partial charge in [-0.25, -0.2) is 19.6 Å². The summed E-state index contributed by atoms with van der Waals surface area (Å²) in [7, 11) is 0. The summed E-state index contributed by atoms with van der Waals surface area (Å²) in [6.07, 6.45) is 4.93. The molecule has 0 aliphatic heterocycles. The Bertz CT molecular complexity index is 1100. The van der Waals surface area contributed by atoms with Gasteiger partial charge in [-0.3, -0.25) is 4.79 Å². The third-order valence-electron chi connectivity index (χ3n) is 3.94. The van der Waals surface area contributed by atoms with Crippen molar-refractivity contribution in [2.75, 3.05) is 0 Å². The topological polar surface area (TPSA) is 85.6 Å². The van der Waals surface area contributed by atoms with E-state index in [0.717, 1.165) is 26.3 Å². The summed E-state index contributed by atoms with van der Waals surface area (Å²) >= 11 is 4.99. The second-order valence-electron chi connectivity index (χ2n) is 5.93. The molecule has 0 unspecified atom stereocenters. The average molecular weight is 455 g/mol. The highest BCUT2D eigenvalue weighted by molar-refractivity contribution is 9.10. The van der Waals surface area contributed by atoms with Crippen LogP contribution in [-0.2, 0) is 17.8 Å². The molecule has 0 saturated carbocycles. The Kier molecular flexibility index (Phi) is 5.54. The van der Waals surface area contributed by atoms with Crippen molar-refractivity contribution < 1.29 is 4.79 Å². The Morgan fingerprint density at radius 3 is 3.00 bits per heavy atom. The molecule has 3 heterocycles. The number of aromatic nitrogens is 5. The van der Waals surface area contributed by atoms with Crippen molar-refractivity contribution in [2.24, 2.45) is 0 Å². The number of hydrogen-bond donors (Lipinski definition) is 1. The van der Waals surface area contributed by atoms with Crippen LogP contribution in [0.5, 0.6) is 0 Å². The summed E-state index contributed by atoms with van der Waals surface area (Å²) < 4.78 is 2.57. The summed E-state index contributed by atoms with van der Waals surface area (Å²) in [4.78, 5) is 25.2. The van der Waals surface area contributed by atoms with Gasteiger partial charge in [-0.05, 0) is 18.2 Å². The molecule has 1 aromatic carbocycles. The van der Waals surface area contributed by atoms with Gasteiger partial charge in [0.1, 0.15) is 17.7 Å². The van der Waals surface area contributed by atoms with Crippen molar-refractivity contribution in [1.29, 1.82) is 0 Å². The van der Waals surface area contributed by atoms with Gasteiger partial charge in [0.05, 0.1) is 12.1 Å². The zero-order valence-electron chi connectivity index (χ0n) is 14.6. The van der Waals surface area contributed by atoms with Gasteiger partial charge in [0.25, 0.3) is 0 Å². The fourth-order valence-corrected chi connectivity index (χ4v) is 3.87. The Labute approximate surface area is 173 Å². The number of pyridine rings is 1. The van der Waals surface area contributed by atoms with Crippen LogP contribution in [0.25, 0.3) is 16.4 Å². The predicted octanol–water partition coefficient (Wildman–Crippen LogP) is 3.41. The van der Waals surface area contributed by atoms with Crippen molar-refractivity contribution in [3.05, 3.63) is 76.4 Å². The van der Waals surface area contributed by atoms with Crippen LogP contribution in [0, 0.1) is 0 Å². The van der Waals surface area contributed by atoms with E-state index in [1.807, 2.05) is 41.8 Å². The summed E-state index contributed by atoms with van der Waals surface area (Å²) in [5, 5.41) is 9.83. The van der Waals surface area contributed by atoms with Crippen molar-refractivity contribution in [2.45, 2.75) is 13.0 Å². The largest absolute Gasteiger partial charge is 0.352 e. The van der Waals surface area contributed by atoms with Crippen LogP contribution in [0.1, 0.15) is 11.3 Å². The molecule has 0 saturated heterocycles. The SMILES string of the molecule is O=C(Cc1csc(-c2cccc(Br)c2)n1)NCc1cccnc1-n1cncn1. The number of thiazole rings is 1. The molecular formula is C19H15BrN6OS. The number of benzene rings is 1. The van der Waals surface area contributed by atoms with Gasteiger partial charge in [0.15, 0.2) is 5.82 Å². The van der Waals surface area contributed by atoms with Gasteiger partial charge in [0.2, 0.25) is 5.91 Å². The monoisotopic (exact) mass is 454 g/mol. The average Bonchev–Trinajstić information content (AvgIpc) is 3.39. The van der Waals surface area contributed by atoms with Gasteiger partial charge in [0, 0.05) is 33.7 Å². The van der Waals surface area contributed by atoms with Gasteiger partial charge in [-0.15, -0.1) is 11.3 Å². The molecule has 0 fully saturated rings. The van der Waals surface area contributed by atoms with Crippen LogP contribution < -0.4 is 5.32 Å². The minimum Gasteiger partial charge on any atom is -0.352 e. The molecule has 28 heavy (non-hydrogen) atoms. The smallest absolute Gasteiger partial charge is 0.226 e. The molecule has 4 rings (SSSR count). The first-order valence-electron chi connectivity index (χ1n) is 8.45. The van der Waals surface area contributed by atoms with Crippen molar-refractivity contribution in [3.63, 3.8) is 0 Å². The van der Waals surface area contributed by atoms with E-state index in [1.54, 1.807) is 17.2 Å². The molecule has 0 bridgehead atoms. The van der Waals surface area contributed by atoms with Crippen LogP contribution in [-0.4, -0.2) is 30.6 Å². The van der Waals surface area contributed by atoms with Crippen molar-refractivity contribution in [3.8, 4) is 16.4 Å². The molecule has 140 valence electrons. The molecule has 9 heteroatoms. The lowest BCUT2D eigenvalue weighted by atomic mass is 10.2. The van der Waals surface area contributed by atoms with E-state index in [4.69, 9.17) is 0 Å². The van der Waals surface area contributed by atoms with E-state index < -0.39 is 0 Å². The maximum absolute atomic E-state index is 12.4. The zero-order valence-corrected chi connectivity index (χ0v) is 17.0. The molecule has 3 aromatic heterocycles. The lowest BCUT2D eigenvalue weighted by molar-refractivity contribution is -0.120. The zero-order chi connectivity index (χ0) is 19.3. The molecule has 1 N–H and O–H groups in total. The number of halogens is 1. The number of hydrogen-bond acceptors (Lipinski definition) is 6. The highest BCUT2D eigenvalue weighted by Crippen LogP contribution is 2.26. The summed E-state index contributed by atoms with van der Waals surface area (Å²) in [6, 6.07) is 11.7. The fourth-order valence-electron chi connectivity index (χ4n) is 2.66. The van der Waals surface area contributed by atoms with Crippen LogP contribution in [0.2, 0.25) is 0 Å². The second-order valence-corrected chi connectivity index (χ2v) is 7.71. The minimum atomic E-state index is -0.0977. The Hall–Kier alpha value is -2.91. The first-order valence-corrected chi connectivity index (χ1v) is 10.1. The van der Waals surface area contributed by atoms with E-state index >= 15 is 0 Å². The third kappa shape index (κ3) is 4.32. The molecule has 0 spiro atoms. The predicted molar refractivity (Wildman–Crippen MR) is 110 cm³/mol. The van der Waals surface area contributed by atoms with Crippen LogP contribution in [0.3, 0.4) is 0 Å². The first kappa shape index (κ1) is 18.5. The minimum absolute atomic E-state index is 0.0977. The lowest BCUT2D eigenvalue weighted by Gasteiger charge is -2.09. The van der Waals surface area contributed by atoms with E-state index in [1.165, 1.54) is 17.7 Å². The molecular weight excluding hydrogens is 440 g/mol. The van der Waals surface area contributed by atoms with Crippen LogP contribution in [0.15, 0.2) is 65.1 Å². The van der Waals surface area contributed by atoms with Gasteiger partial charge in [-0.1, -0.05) is 34.1 Å². The fraction of sp³-hybridized carbons (Fsp3) is 0.105. The number of nitrogens with zero attached hydrogens (tertiary/aromatic N) is 5. The normalized spacial score (nSPS) is 10.8. The Morgan fingerprint density at radius 1 is 1.25 bits per heavy atom. The number of rotatable bonds is 6. The number of amides is 1. The molecule has 0 atom stereocenters. The lowest BCUT2D eigenvalue weighted by Crippen LogP contribution is -2.25. The number of carbonyl (C=O) groups excluding carboxylic acids is 1. The molecule has 4 aromatic rings. The van der Waals surface area contributed by atoms with Crippen molar-refractivity contribution in [1.82, 2.24) is 30.0 Å². The second kappa shape index (κ2) is 8.41. The van der Waals surface area contributed by atoms with E-state index in [0.29, 0.717) is 12.4 Å². The number of carbonyl (C=O) groups is 1. The van der Waals surface area contributed by atoms with Gasteiger partial charge in [-0.2, -0.15) is 5.10 Å². The molecule has 0 aliphatic carbocycles.